The van der Waals surface area contributed by atoms with Crippen molar-refractivity contribution < 1.29 is 4.39 Å². The molecule has 3 nitrogen and oxygen atoms in total. The van der Waals surface area contributed by atoms with Crippen LogP contribution in [-0.2, 0) is 6.54 Å². The Kier molecular flexibility index (Phi) is 5.03. The lowest BCUT2D eigenvalue weighted by molar-refractivity contribution is 0.263. The molecule has 0 amide bonds. The molecule has 0 saturated carbocycles. The van der Waals surface area contributed by atoms with Crippen LogP contribution in [0.2, 0.25) is 0 Å². The number of nitriles is 1. The SMILES string of the molecule is CS[C@H]1CN(Cc2cc(C#N)ccc2F)C[C@@H]1N(C)C. The van der Waals surface area contributed by atoms with Crippen molar-refractivity contribution in [2.45, 2.75) is 17.8 Å². The Morgan fingerprint density at radius 3 is 2.75 bits per heavy atom. The first-order valence-corrected chi connectivity index (χ1v) is 7.94. The summed E-state index contributed by atoms with van der Waals surface area (Å²) < 4.78 is 13.8. The lowest BCUT2D eigenvalue weighted by Crippen LogP contribution is -2.36. The van der Waals surface area contributed by atoms with Gasteiger partial charge >= 0.3 is 0 Å². The number of hydrogen-bond donors (Lipinski definition) is 0. The van der Waals surface area contributed by atoms with Crippen LogP contribution in [-0.4, -0.2) is 54.5 Å². The van der Waals surface area contributed by atoms with Crippen LogP contribution in [0.4, 0.5) is 4.39 Å². The van der Waals surface area contributed by atoms with E-state index in [4.69, 9.17) is 5.26 Å². The van der Waals surface area contributed by atoms with Crippen molar-refractivity contribution in [3.8, 4) is 6.07 Å². The molecule has 1 heterocycles. The molecule has 2 atom stereocenters. The Hall–Kier alpha value is -1.09. The van der Waals surface area contributed by atoms with Gasteiger partial charge in [0.25, 0.3) is 0 Å². The summed E-state index contributed by atoms with van der Waals surface area (Å²) in [6.45, 7) is 2.47. The van der Waals surface area contributed by atoms with Crippen LogP contribution in [0.25, 0.3) is 0 Å². The maximum atomic E-state index is 13.8. The van der Waals surface area contributed by atoms with Crippen LogP contribution in [0, 0.1) is 17.1 Å². The average molecular weight is 293 g/mol. The quantitative estimate of drug-likeness (QED) is 0.851. The minimum atomic E-state index is -0.224. The van der Waals surface area contributed by atoms with E-state index in [0.717, 1.165) is 13.1 Å². The molecule has 1 aliphatic heterocycles. The molecule has 2 rings (SSSR count). The van der Waals surface area contributed by atoms with Crippen LogP contribution in [0.1, 0.15) is 11.1 Å². The van der Waals surface area contributed by atoms with E-state index in [9.17, 15) is 4.39 Å². The highest BCUT2D eigenvalue weighted by Crippen LogP contribution is 2.26. The Labute approximate surface area is 124 Å². The first kappa shape index (κ1) is 15.3. The highest BCUT2D eigenvalue weighted by molar-refractivity contribution is 7.99. The van der Waals surface area contributed by atoms with E-state index in [1.165, 1.54) is 12.1 Å². The average Bonchev–Trinajstić information content (AvgIpc) is 2.84. The normalized spacial score (nSPS) is 23.2. The summed E-state index contributed by atoms with van der Waals surface area (Å²) in [4.78, 5) is 4.51. The fraction of sp³-hybridized carbons (Fsp3) is 0.533. The zero-order chi connectivity index (χ0) is 14.7. The maximum Gasteiger partial charge on any atom is 0.127 e. The van der Waals surface area contributed by atoms with Gasteiger partial charge in [0, 0.05) is 36.5 Å². The summed E-state index contributed by atoms with van der Waals surface area (Å²) in [5, 5.41) is 9.46. The summed E-state index contributed by atoms with van der Waals surface area (Å²) in [5.74, 6) is -0.224. The summed E-state index contributed by atoms with van der Waals surface area (Å²) >= 11 is 1.87. The molecule has 108 valence electrons. The molecule has 0 bridgehead atoms. The lowest BCUT2D eigenvalue weighted by atomic mass is 10.1. The van der Waals surface area contributed by atoms with Crippen molar-refractivity contribution in [3.05, 3.63) is 35.1 Å². The van der Waals surface area contributed by atoms with Crippen molar-refractivity contribution in [3.63, 3.8) is 0 Å². The zero-order valence-corrected chi connectivity index (χ0v) is 13.0. The van der Waals surface area contributed by atoms with Crippen molar-refractivity contribution in [2.24, 2.45) is 0 Å². The van der Waals surface area contributed by atoms with Crippen LogP contribution >= 0.6 is 11.8 Å². The monoisotopic (exact) mass is 293 g/mol. The number of likely N-dealkylation sites (N-methyl/N-ethyl adjacent to an activating group) is 1. The number of hydrogen-bond acceptors (Lipinski definition) is 4. The van der Waals surface area contributed by atoms with E-state index in [0.29, 0.717) is 29.0 Å². The number of halogens is 1. The van der Waals surface area contributed by atoms with Gasteiger partial charge in [0.05, 0.1) is 11.6 Å². The summed E-state index contributed by atoms with van der Waals surface area (Å²) in [7, 11) is 4.18. The van der Waals surface area contributed by atoms with E-state index in [1.807, 2.05) is 11.8 Å². The zero-order valence-electron chi connectivity index (χ0n) is 12.1. The number of rotatable bonds is 4. The number of likely N-dealkylation sites (tertiary alicyclic amines) is 1. The summed E-state index contributed by atoms with van der Waals surface area (Å²) in [6.07, 6.45) is 2.13. The second-order valence-electron chi connectivity index (χ2n) is 5.42. The van der Waals surface area contributed by atoms with Crippen LogP contribution in [0.15, 0.2) is 18.2 Å². The molecule has 20 heavy (non-hydrogen) atoms. The molecule has 1 saturated heterocycles. The summed E-state index contributed by atoms with van der Waals surface area (Å²) in [6, 6.07) is 7.13. The van der Waals surface area contributed by atoms with Gasteiger partial charge in [-0.25, -0.2) is 4.39 Å². The van der Waals surface area contributed by atoms with E-state index in [-0.39, 0.29) is 5.82 Å². The number of nitrogens with zero attached hydrogens (tertiary/aromatic N) is 3. The molecular formula is C15H20FN3S. The van der Waals surface area contributed by atoms with Crippen molar-refractivity contribution in [1.29, 1.82) is 5.26 Å². The Bertz CT molecular complexity index is 512. The first-order chi connectivity index (χ1) is 9.55. The molecule has 1 aromatic carbocycles. The smallest absolute Gasteiger partial charge is 0.127 e. The maximum absolute atomic E-state index is 13.8. The second-order valence-corrected chi connectivity index (χ2v) is 6.49. The van der Waals surface area contributed by atoms with Crippen LogP contribution < -0.4 is 0 Å². The van der Waals surface area contributed by atoms with E-state index >= 15 is 0 Å². The highest BCUT2D eigenvalue weighted by atomic mass is 32.2. The van der Waals surface area contributed by atoms with Gasteiger partial charge in [-0.3, -0.25) is 4.90 Å². The molecule has 0 unspecified atom stereocenters. The molecule has 0 N–H and O–H groups in total. The first-order valence-electron chi connectivity index (χ1n) is 6.65. The Balaban J connectivity index is 2.10. The molecule has 0 aromatic heterocycles. The van der Waals surface area contributed by atoms with Crippen molar-refractivity contribution in [1.82, 2.24) is 9.80 Å². The lowest BCUT2D eigenvalue weighted by Gasteiger charge is -2.23. The van der Waals surface area contributed by atoms with E-state index in [1.54, 1.807) is 6.07 Å². The fourth-order valence-electron chi connectivity index (χ4n) is 2.70. The Morgan fingerprint density at radius 2 is 2.20 bits per heavy atom. The molecule has 1 aromatic rings. The van der Waals surface area contributed by atoms with Gasteiger partial charge in [-0.15, -0.1) is 0 Å². The van der Waals surface area contributed by atoms with E-state index < -0.39 is 0 Å². The molecule has 0 radical (unpaired) electrons. The molecule has 5 heteroatoms. The molecular weight excluding hydrogens is 273 g/mol. The highest BCUT2D eigenvalue weighted by Gasteiger charge is 2.33. The van der Waals surface area contributed by atoms with Gasteiger partial charge in [0.1, 0.15) is 5.82 Å². The van der Waals surface area contributed by atoms with E-state index in [2.05, 4.69) is 36.2 Å². The molecule has 1 aliphatic rings. The summed E-state index contributed by atoms with van der Waals surface area (Å²) in [5.41, 5.74) is 1.13. The third-order valence-corrected chi connectivity index (χ3v) is 4.92. The predicted octanol–water partition coefficient (Wildman–Crippen LogP) is 2.17. The minimum Gasteiger partial charge on any atom is -0.304 e. The third-order valence-electron chi connectivity index (χ3n) is 3.85. The fourth-order valence-corrected chi connectivity index (χ4v) is 3.70. The van der Waals surface area contributed by atoms with Gasteiger partial charge in [-0.2, -0.15) is 17.0 Å². The van der Waals surface area contributed by atoms with Crippen molar-refractivity contribution >= 4 is 11.8 Å². The van der Waals surface area contributed by atoms with Gasteiger partial charge in [0.15, 0.2) is 0 Å². The van der Waals surface area contributed by atoms with Gasteiger partial charge in [-0.1, -0.05) is 0 Å². The van der Waals surface area contributed by atoms with Crippen LogP contribution in [0.5, 0.6) is 0 Å². The van der Waals surface area contributed by atoms with Gasteiger partial charge < -0.3 is 4.90 Å². The number of thioether (sulfide) groups is 1. The Morgan fingerprint density at radius 1 is 1.45 bits per heavy atom. The second kappa shape index (κ2) is 6.57. The minimum absolute atomic E-state index is 0.224. The molecule has 1 fully saturated rings. The topological polar surface area (TPSA) is 30.3 Å². The largest absolute Gasteiger partial charge is 0.304 e. The standard InChI is InChI=1S/C15H20FN3S/c1-18(2)14-9-19(10-15(14)20-3)8-12-6-11(7-17)4-5-13(12)16/h4-6,14-15H,8-10H2,1-3H3/t14-,15-/m0/s1. The predicted molar refractivity (Wildman–Crippen MR) is 81.2 cm³/mol. The van der Waals surface area contributed by atoms with Gasteiger partial charge in [0.2, 0.25) is 0 Å². The van der Waals surface area contributed by atoms with Gasteiger partial charge in [-0.05, 0) is 38.6 Å². The molecule has 0 spiro atoms. The van der Waals surface area contributed by atoms with Crippen LogP contribution in [0.3, 0.4) is 0 Å². The third kappa shape index (κ3) is 3.32. The van der Waals surface area contributed by atoms with Crippen molar-refractivity contribution in [2.75, 3.05) is 33.4 Å². The number of benzene rings is 1. The molecule has 0 aliphatic carbocycles.